The first-order valence-corrected chi connectivity index (χ1v) is 24.6. The number of pyridine rings is 1. The first-order valence-electron chi connectivity index (χ1n) is 23.1. The number of carbonyl (C=O) groups is 4. The molecular weight excluding hydrogens is 886 g/mol. The van der Waals surface area contributed by atoms with E-state index in [0.29, 0.717) is 69.5 Å². The maximum atomic E-state index is 15.0. The molecule has 2 aromatic rings. The van der Waals surface area contributed by atoms with Crippen molar-refractivity contribution in [2.45, 2.75) is 144 Å². The molecule has 1 aromatic carbocycles. The second-order valence-corrected chi connectivity index (χ2v) is 22.2. The molecule has 1 aromatic heterocycles. The summed E-state index contributed by atoms with van der Waals surface area (Å²) in [6.45, 7) is 10.4. The van der Waals surface area contributed by atoms with Crippen LogP contribution >= 0.6 is 0 Å². The highest BCUT2D eigenvalue weighted by Gasteiger charge is 2.64. The Morgan fingerprint density at radius 2 is 1.80 bits per heavy atom. The molecule has 4 aliphatic heterocycles. The molecule has 8 rings (SSSR count). The van der Waals surface area contributed by atoms with Crippen LogP contribution in [0.25, 0.3) is 10.9 Å². The number of nitrogens with one attached hydrogen (secondary N) is 3. The van der Waals surface area contributed by atoms with Crippen LogP contribution in [0.15, 0.2) is 30.4 Å². The average Bonchev–Trinajstić information content (AvgIpc) is 4.14. The maximum absolute atomic E-state index is 15.0. The lowest BCUT2D eigenvalue weighted by molar-refractivity contribution is -0.144. The fourth-order valence-electron chi connectivity index (χ4n) is 9.54. The Morgan fingerprint density at radius 3 is 2.52 bits per heavy atom. The lowest BCUT2D eigenvalue weighted by Gasteiger charge is -2.37. The monoisotopic (exact) mass is 946 g/mol. The van der Waals surface area contributed by atoms with Crippen LogP contribution in [0.5, 0.6) is 11.5 Å². The molecule has 1 unspecified atom stereocenters. The Hall–Kier alpha value is -4.69. The van der Waals surface area contributed by atoms with Gasteiger partial charge in [0.25, 0.3) is 5.91 Å². The third kappa shape index (κ3) is 10.2. The fourth-order valence-corrected chi connectivity index (χ4v) is 10.9. The number of rotatable bonds is 9. The number of ether oxygens (including phenoxy) is 4. The van der Waals surface area contributed by atoms with Crippen LogP contribution in [0.1, 0.15) is 110 Å². The minimum Gasteiger partial charge on any atom is -0.494 e. The second kappa shape index (κ2) is 18.1. The van der Waals surface area contributed by atoms with E-state index in [9.17, 15) is 27.6 Å². The number of fused-ring (bicyclic) bond motifs is 5. The molecule has 3 N–H and O–H groups in total. The van der Waals surface area contributed by atoms with E-state index in [2.05, 4.69) is 25.2 Å². The highest BCUT2D eigenvalue weighted by Crippen LogP contribution is 2.50. The van der Waals surface area contributed by atoms with Crippen molar-refractivity contribution in [1.82, 2.24) is 30.1 Å². The zero-order chi connectivity index (χ0) is 47.3. The predicted octanol–water partition coefficient (Wildman–Crippen LogP) is 5.31. The molecule has 1 spiro atoms. The SMILES string of the molecule is CC(C)(C)OC(=O)N[C@H]1CCCCC/C=C\C2C[C@@]2(C(=O)NS(=O)(=O)C2(C)CC2)NC(=O)[C@@H]2C[C@]3(CCc4c(c(C(F)(F)F)nc5ccc(OCCCN6CCOCC6)cc45)O3)CN2C1=O. The number of nitrogens with zero attached hydrogens (tertiary/aromatic N) is 3. The first-order chi connectivity index (χ1) is 31.1. The summed E-state index contributed by atoms with van der Waals surface area (Å²) in [5.74, 6) is -3.03. The van der Waals surface area contributed by atoms with Gasteiger partial charge in [0.05, 0.1) is 36.6 Å². The van der Waals surface area contributed by atoms with Crippen molar-refractivity contribution >= 4 is 44.7 Å². The molecule has 20 heteroatoms. The summed E-state index contributed by atoms with van der Waals surface area (Å²) in [4.78, 5) is 64.4. The summed E-state index contributed by atoms with van der Waals surface area (Å²) in [6, 6.07) is 2.14. The fraction of sp³-hybridized carbons (Fsp3) is 0.674. The van der Waals surface area contributed by atoms with Gasteiger partial charge in [-0.3, -0.25) is 24.0 Å². The number of amides is 4. The molecule has 66 heavy (non-hydrogen) atoms. The van der Waals surface area contributed by atoms with E-state index in [4.69, 9.17) is 18.9 Å². The molecule has 0 bridgehead atoms. The van der Waals surface area contributed by atoms with Gasteiger partial charge in [-0.25, -0.2) is 18.2 Å². The Balaban J connectivity index is 1.11. The molecule has 2 aliphatic carbocycles. The summed E-state index contributed by atoms with van der Waals surface area (Å²) in [5, 5.41) is 5.91. The standard InChI is InChI=1S/C46H61F3N6O10S/c1-42(2,3)65-41(59)51-34-12-9-7-5-6-8-11-29-26-45(29,40(58)53-66(60,61)43(4)17-18-43)52-38(56)35-27-44(28-55(35)39(34)57)16-15-31-32-25-30(63-22-10-19-54-20-23-62-24-21-54)13-14-33(32)50-37(36(31)64-44)46(47,48)49/h8,11,13-14,25,29,34-35H,5-7,9-10,12,15-24,26-28H2,1-4H3,(H,51,59)(H,52,56)(H,53,58)/b11-8-/t29?,34-,35-,44+,45+/m0/s1. The van der Waals surface area contributed by atoms with Crippen LogP contribution in [-0.2, 0) is 46.5 Å². The smallest absolute Gasteiger partial charge is 0.437 e. The molecule has 6 aliphatic rings. The van der Waals surface area contributed by atoms with E-state index in [0.717, 1.165) is 26.1 Å². The third-order valence-electron chi connectivity index (χ3n) is 13.7. The number of sulfonamides is 1. The molecule has 4 amide bonds. The van der Waals surface area contributed by atoms with Gasteiger partial charge in [-0.15, -0.1) is 0 Å². The van der Waals surface area contributed by atoms with Gasteiger partial charge < -0.3 is 34.5 Å². The van der Waals surface area contributed by atoms with E-state index in [1.165, 1.54) is 17.9 Å². The molecule has 0 radical (unpaired) electrons. The minimum atomic E-state index is -4.95. The van der Waals surface area contributed by atoms with Crippen LogP contribution < -0.4 is 24.8 Å². The van der Waals surface area contributed by atoms with Crippen molar-refractivity contribution < 1.29 is 59.7 Å². The van der Waals surface area contributed by atoms with Crippen molar-refractivity contribution in [3.05, 3.63) is 41.6 Å². The van der Waals surface area contributed by atoms with Crippen LogP contribution in [0.2, 0.25) is 0 Å². The van der Waals surface area contributed by atoms with Crippen molar-refractivity contribution in [1.29, 1.82) is 0 Å². The third-order valence-corrected chi connectivity index (χ3v) is 15.9. The molecule has 2 saturated heterocycles. The average molecular weight is 947 g/mol. The van der Waals surface area contributed by atoms with Gasteiger partial charge in [-0.2, -0.15) is 13.2 Å². The second-order valence-electron chi connectivity index (χ2n) is 20.0. The zero-order valence-corrected chi connectivity index (χ0v) is 38.8. The number of alkyl halides is 3. The summed E-state index contributed by atoms with van der Waals surface area (Å²) >= 11 is 0. The van der Waals surface area contributed by atoms with Crippen LogP contribution in [0.3, 0.4) is 0 Å². The lowest BCUT2D eigenvalue weighted by Crippen LogP contribution is -2.58. The zero-order valence-electron chi connectivity index (χ0n) is 38.0. The van der Waals surface area contributed by atoms with Crippen molar-refractivity contribution in [3.8, 4) is 11.5 Å². The van der Waals surface area contributed by atoms with Gasteiger partial charge in [0.2, 0.25) is 21.8 Å². The predicted molar refractivity (Wildman–Crippen MR) is 235 cm³/mol. The van der Waals surface area contributed by atoms with Crippen LogP contribution in [0.4, 0.5) is 18.0 Å². The number of aryl methyl sites for hydroxylation is 1. The summed E-state index contributed by atoms with van der Waals surface area (Å²) in [5.41, 5.74) is -5.03. The molecule has 5 heterocycles. The number of morpholine rings is 1. The lowest BCUT2D eigenvalue weighted by atomic mass is 9.87. The topological polar surface area (TPSA) is 195 Å². The van der Waals surface area contributed by atoms with Gasteiger partial charge >= 0.3 is 12.3 Å². The van der Waals surface area contributed by atoms with E-state index in [1.807, 2.05) is 6.08 Å². The van der Waals surface area contributed by atoms with Gasteiger partial charge in [0.1, 0.15) is 34.6 Å². The Bertz CT molecular complexity index is 2370. The van der Waals surface area contributed by atoms with Crippen LogP contribution in [-0.4, -0.2) is 127 Å². The highest BCUT2D eigenvalue weighted by molar-refractivity contribution is 7.91. The number of carbonyl (C=O) groups excluding carboxylic acids is 4. The number of halogens is 3. The molecular formula is C46H61F3N6O10S. The number of benzene rings is 1. The molecule has 4 fully saturated rings. The number of hydrogen-bond donors (Lipinski definition) is 3. The molecule has 16 nitrogen and oxygen atoms in total. The van der Waals surface area contributed by atoms with E-state index < -0.39 is 90.9 Å². The first kappa shape index (κ1) is 47.8. The van der Waals surface area contributed by atoms with Gasteiger partial charge in [-0.1, -0.05) is 25.0 Å². The summed E-state index contributed by atoms with van der Waals surface area (Å²) < 4.78 is 96.2. The Morgan fingerprint density at radius 1 is 1.05 bits per heavy atom. The summed E-state index contributed by atoms with van der Waals surface area (Å²) in [6.07, 6.45) is 1.91. The van der Waals surface area contributed by atoms with E-state index >= 15 is 13.2 Å². The normalized spacial score (nSPS) is 28.7. The number of alkyl carbamates (subject to hydrolysis) is 1. The highest BCUT2D eigenvalue weighted by atomic mass is 32.2. The largest absolute Gasteiger partial charge is 0.494 e. The maximum Gasteiger partial charge on any atom is 0.437 e. The van der Waals surface area contributed by atoms with E-state index in [1.54, 1.807) is 39.0 Å². The number of allylic oxidation sites excluding steroid dienone is 1. The van der Waals surface area contributed by atoms with Crippen LogP contribution in [0, 0.1) is 5.92 Å². The van der Waals surface area contributed by atoms with Crippen molar-refractivity contribution in [3.63, 3.8) is 0 Å². The Kier molecular flexibility index (Phi) is 13.1. The van der Waals surface area contributed by atoms with Gasteiger partial charge in [0, 0.05) is 42.9 Å². The number of hydrogen-bond acceptors (Lipinski definition) is 12. The quantitative estimate of drug-likeness (QED) is 0.217. The molecule has 5 atom stereocenters. The number of aromatic nitrogens is 1. The van der Waals surface area contributed by atoms with E-state index in [-0.39, 0.29) is 49.7 Å². The van der Waals surface area contributed by atoms with Crippen molar-refractivity contribution in [2.75, 3.05) is 46.0 Å². The van der Waals surface area contributed by atoms with Gasteiger partial charge in [0.15, 0.2) is 11.4 Å². The van der Waals surface area contributed by atoms with Crippen molar-refractivity contribution in [2.24, 2.45) is 5.92 Å². The minimum absolute atomic E-state index is 0.0592. The Labute approximate surface area is 383 Å². The van der Waals surface area contributed by atoms with Gasteiger partial charge in [-0.05, 0) is 104 Å². The molecule has 362 valence electrons. The molecule has 2 saturated carbocycles. The summed E-state index contributed by atoms with van der Waals surface area (Å²) in [7, 11) is -4.11.